The van der Waals surface area contributed by atoms with Gasteiger partial charge in [-0.05, 0) is 45.6 Å². The monoisotopic (exact) mass is 328 g/mol. The van der Waals surface area contributed by atoms with Crippen LogP contribution in [0.2, 0.25) is 26.2 Å². The van der Waals surface area contributed by atoms with Crippen molar-refractivity contribution in [3.8, 4) is 0 Å². The molecule has 0 radical (unpaired) electrons. The van der Waals surface area contributed by atoms with Crippen molar-refractivity contribution in [3.05, 3.63) is 35.9 Å². The van der Waals surface area contributed by atoms with Crippen LogP contribution >= 0.6 is 0 Å². The Hall–Kier alpha value is -0.506. The molecule has 0 heterocycles. The summed E-state index contributed by atoms with van der Waals surface area (Å²) in [6.45, 7) is 10.9. The molecule has 1 rings (SSSR count). The van der Waals surface area contributed by atoms with Crippen LogP contribution in [-0.2, 0) is 14.1 Å². The summed E-state index contributed by atoms with van der Waals surface area (Å²) in [6, 6.07) is 9.44. The summed E-state index contributed by atoms with van der Waals surface area (Å²) < 4.78 is 11.6. The van der Waals surface area contributed by atoms with Gasteiger partial charge >= 0.3 is 8.56 Å². The van der Waals surface area contributed by atoms with E-state index in [9.17, 15) is 9.90 Å². The molecule has 1 aromatic carbocycles. The summed E-state index contributed by atoms with van der Waals surface area (Å²) in [5, 5.41) is 10.3. The van der Waals surface area contributed by atoms with Gasteiger partial charge < -0.3 is 18.8 Å². The minimum atomic E-state index is -2.82. The van der Waals surface area contributed by atoms with Crippen molar-refractivity contribution < 1.29 is 18.8 Å². The molecule has 0 saturated carbocycles. The van der Waals surface area contributed by atoms with E-state index in [1.54, 1.807) is 20.2 Å². The first kappa shape index (κ1) is 18.5. The lowest BCUT2D eigenvalue weighted by Gasteiger charge is -2.51. The molecule has 0 bridgehead atoms. The molecular formula is C15H28O4Si2. The molecule has 1 unspecified atom stereocenters. The number of hydrogen-bond acceptors (Lipinski definition) is 4. The summed E-state index contributed by atoms with van der Waals surface area (Å²) in [6.07, 6.45) is 0. The molecule has 6 heteroatoms. The number of rotatable bonds is 6. The largest absolute Gasteiger partial charge is 0.417 e. The van der Waals surface area contributed by atoms with Gasteiger partial charge in [0.05, 0.1) is 5.60 Å². The molecule has 0 aliphatic rings. The standard InChI is InChI=1S/C15H28O4Si2/c1-14(2,19-21(6,7)17)15(16,20(4,5)18-3)13-11-9-8-10-12-13/h8-12,16-17H,1-7H3. The third-order valence-electron chi connectivity index (χ3n) is 3.95. The molecule has 2 N–H and O–H groups in total. The quantitative estimate of drug-likeness (QED) is 0.788. The summed E-state index contributed by atoms with van der Waals surface area (Å²) in [5.41, 5.74) is -0.211. The smallest absolute Gasteiger partial charge is 0.329 e. The molecule has 0 aromatic heterocycles. The zero-order valence-corrected chi connectivity index (χ0v) is 16.1. The van der Waals surface area contributed by atoms with Gasteiger partial charge in [-0.3, -0.25) is 0 Å². The highest BCUT2D eigenvalue weighted by molar-refractivity contribution is 6.74. The zero-order chi connectivity index (χ0) is 16.5. The first-order valence-corrected chi connectivity index (χ1v) is 12.9. The Morgan fingerprint density at radius 2 is 1.48 bits per heavy atom. The normalized spacial score (nSPS) is 16.6. The molecule has 0 fully saturated rings. The fourth-order valence-corrected chi connectivity index (χ4v) is 7.10. The maximum Gasteiger partial charge on any atom is 0.329 e. The molecule has 0 amide bonds. The van der Waals surface area contributed by atoms with Crippen molar-refractivity contribution >= 4 is 16.9 Å². The second-order valence-electron chi connectivity index (χ2n) is 6.85. The summed E-state index contributed by atoms with van der Waals surface area (Å²) in [7, 11) is -3.76. The van der Waals surface area contributed by atoms with Gasteiger partial charge in [-0.25, -0.2) is 0 Å². The summed E-state index contributed by atoms with van der Waals surface area (Å²) in [5.74, 6) is 0. The average Bonchev–Trinajstić information content (AvgIpc) is 2.35. The molecular weight excluding hydrogens is 300 g/mol. The molecule has 1 aromatic rings. The average molecular weight is 329 g/mol. The van der Waals surface area contributed by atoms with E-state index in [1.165, 1.54) is 0 Å². The molecule has 120 valence electrons. The fraction of sp³-hybridized carbons (Fsp3) is 0.600. The van der Waals surface area contributed by atoms with E-state index in [1.807, 2.05) is 57.3 Å². The topological polar surface area (TPSA) is 58.9 Å². The van der Waals surface area contributed by atoms with E-state index in [4.69, 9.17) is 8.85 Å². The predicted octanol–water partition coefficient (Wildman–Crippen LogP) is 2.75. The Balaban J connectivity index is 3.47. The Kier molecular flexibility index (Phi) is 5.25. The molecule has 4 nitrogen and oxygen atoms in total. The fourth-order valence-electron chi connectivity index (χ4n) is 2.95. The van der Waals surface area contributed by atoms with Crippen molar-refractivity contribution in [1.82, 2.24) is 0 Å². The van der Waals surface area contributed by atoms with Crippen LogP contribution in [0.25, 0.3) is 0 Å². The number of benzene rings is 1. The van der Waals surface area contributed by atoms with E-state index < -0.39 is 27.7 Å². The van der Waals surface area contributed by atoms with Gasteiger partial charge in [0.2, 0.25) is 8.32 Å². The van der Waals surface area contributed by atoms with E-state index in [0.717, 1.165) is 5.56 Å². The van der Waals surface area contributed by atoms with Crippen LogP contribution in [0.15, 0.2) is 30.3 Å². The molecule has 21 heavy (non-hydrogen) atoms. The van der Waals surface area contributed by atoms with Crippen LogP contribution in [0.4, 0.5) is 0 Å². The first-order valence-electron chi connectivity index (χ1n) is 7.13. The van der Waals surface area contributed by atoms with E-state index in [-0.39, 0.29) is 0 Å². The molecule has 0 spiro atoms. The maximum absolute atomic E-state index is 11.6. The lowest BCUT2D eigenvalue weighted by atomic mass is 9.93. The van der Waals surface area contributed by atoms with Crippen LogP contribution in [-0.4, -0.2) is 39.5 Å². The molecule has 0 saturated heterocycles. The second-order valence-corrected chi connectivity index (χ2v) is 14.1. The van der Waals surface area contributed by atoms with Gasteiger partial charge in [0.25, 0.3) is 0 Å². The van der Waals surface area contributed by atoms with Crippen LogP contribution in [0.3, 0.4) is 0 Å². The number of hydrogen-bond donors (Lipinski definition) is 2. The lowest BCUT2D eigenvalue weighted by Crippen LogP contribution is -2.67. The molecule has 0 aliphatic heterocycles. The highest BCUT2D eigenvalue weighted by Gasteiger charge is 2.59. The summed E-state index contributed by atoms with van der Waals surface area (Å²) in [4.78, 5) is 10.2. The third kappa shape index (κ3) is 3.64. The Labute approximate surface area is 130 Å². The van der Waals surface area contributed by atoms with Crippen LogP contribution < -0.4 is 0 Å². The van der Waals surface area contributed by atoms with Crippen molar-refractivity contribution in [2.75, 3.05) is 7.11 Å². The summed E-state index contributed by atoms with van der Waals surface area (Å²) >= 11 is 0. The minimum Gasteiger partial charge on any atom is -0.417 e. The van der Waals surface area contributed by atoms with Crippen molar-refractivity contribution in [2.24, 2.45) is 0 Å². The minimum absolute atomic E-state index is 0.756. The third-order valence-corrected chi connectivity index (χ3v) is 8.61. The van der Waals surface area contributed by atoms with E-state index in [0.29, 0.717) is 0 Å². The van der Waals surface area contributed by atoms with E-state index >= 15 is 0 Å². The van der Waals surface area contributed by atoms with Crippen LogP contribution in [0, 0.1) is 0 Å². The van der Waals surface area contributed by atoms with Crippen molar-refractivity contribution in [1.29, 1.82) is 0 Å². The Morgan fingerprint density at radius 1 is 1.00 bits per heavy atom. The Bertz CT molecular complexity index is 468. The Morgan fingerprint density at radius 3 is 1.86 bits per heavy atom. The van der Waals surface area contributed by atoms with Gasteiger partial charge in [0, 0.05) is 7.11 Å². The second kappa shape index (κ2) is 5.94. The number of aliphatic hydroxyl groups is 1. The highest BCUT2D eigenvalue weighted by atomic mass is 28.4. The van der Waals surface area contributed by atoms with Crippen LogP contribution in [0.1, 0.15) is 19.4 Å². The maximum atomic E-state index is 11.6. The predicted molar refractivity (Wildman–Crippen MR) is 89.7 cm³/mol. The zero-order valence-electron chi connectivity index (χ0n) is 14.1. The first-order chi connectivity index (χ1) is 9.37. The van der Waals surface area contributed by atoms with Gasteiger partial charge in [0.15, 0.2) is 0 Å². The lowest BCUT2D eigenvalue weighted by molar-refractivity contribution is -0.0942. The van der Waals surface area contributed by atoms with Gasteiger partial charge in [0.1, 0.15) is 5.22 Å². The van der Waals surface area contributed by atoms with Crippen LogP contribution in [0.5, 0.6) is 0 Å². The SMILES string of the molecule is CO[Si](C)(C)C(O)(c1ccccc1)C(C)(C)O[Si](C)(C)O. The molecule has 1 atom stereocenters. The van der Waals surface area contributed by atoms with E-state index in [2.05, 4.69) is 0 Å². The van der Waals surface area contributed by atoms with Gasteiger partial charge in [-0.2, -0.15) is 0 Å². The van der Waals surface area contributed by atoms with Gasteiger partial charge in [-0.1, -0.05) is 30.3 Å². The molecule has 0 aliphatic carbocycles. The van der Waals surface area contributed by atoms with Crippen molar-refractivity contribution in [2.45, 2.75) is 50.9 Å². The van der Waals surface area contributed by atoms with Gasteiger partial charge in [-0.15, -0.1) is 0 Å². The highest BCUT2D eigenvalue weighted by Crippen LogP contribution is 2.44. The van der Waals surface area contributed by atoms with Crippen molar-refractivity contribution in [3.63, 3.8) is 0 Å².